The van der Waals surface area contributed by atoms with Crippen molar-refractivity contribution in [2.45, 2.75) is 20.0 Å². The third kappa shape index (κ3) is 1.90. The number of nitrogens with zero attached hydrogens (tertiary/aromatic N) is 3. The second-order valence-electron chi connectivity index (χ2n) is 3.24. The molecule has 0 spiro atoms. The highest BCUT2D eigenvalue weighted by Crippen LogP contribution is 2.19. The summed E-state index contributed by atoms with van der Waals surface area (Å²) in [6, 6.07) is 0. The molecule has 1 aliphatic rings. The van der Waals surface area contributed by atoms with Crippen molar-refractivity contribution < 1.29 is 4.79 Å². The zero-order valence-electron chi connectivity index (χ0n) is 7.83. The van der Waals surface area contributed by atoms with Gasteiger partial charge in [0.05, 0.1) is 12.7 Å². The Bertz CT molecular complexity index is 362. The monoisotopic (exact) mass is 306 g/mol. The topological polar surface area (TPSA) is 50.2 Å². The first-order chi connectivity index (χ1) is 6.66. The van der Waals surface area contributed by atoms with Crippen molar-refractivity contribution in [3.05, 3.63) is 12.0 Å². The number of aromatic nitrogens is 2. The molecule has 6 heteroatoms. The molecule has 0 bridgehead atoms. The van der Waals surface area contributed by atoms with Crippen molar-refractivity contribution >= 4 is 34.6 Å². The fraction of sp³-hybridized carbons (Fsp3) is 0.500. The predicted molar refractivity (Wildman–Crippen MR) is 61.0 cm³/mol. The Balaban J connectivity index is 2.24. The lowest BCUT2D eigenvalue weighted by Crippen LogP contribution is -2.27. The van der Waals surface area contributed by atoms with E-state index < -0.39 is 0 Å². The Morgan fingerprint density at radius 3 is 3.14 bits per heavy atom. The number of hydrogen-bond acceptors (Lipinski definition) is 3. The summed E-state index contributed by atoms with van der Waals surface area (Å²) in [4.78, 5) is 15.2. The van der Waals surface area contributed by atoms with E-state index in [-0.39, 0.29) is 5.91 Å². The maximum Gasteiger partial charge on any atom is 0.222 e. The average molecular weight is 306 g/mol. The van der Waals surface area contributed by atoms with E-state index in [1.54, 1.807) is 6.20 Å². The second-order valence-corrected chi connectivity index (χ2v) is 4.60. The molecular weight excluding hydrogens is 295 g/mol. The summed E-state index contributed by atoms with van der Waals surface area (Å²) in [6.45, 7) is 4.21. The van der Waals surface area contributed by atoms with Gasteiger partial charge in [-0.15, -0.1) is 0 Å². The lowest BCUT2D eigenvalue weighted by atomic mass is 10.4. The minimum absolute atomic E-state index is 0.0513. The van der Waals surface area contributed by atoms with Crippen LogP contribution in [0.3, 0.4) is 0 Å². The molecule has 2 heterocycles. The Labute approximate surface area is 96.0 Å². The van der Waals surface area contributed by atoms with Crippen molar-refractivity contribution in [2.24, 2.45) is 0 Å². The van der Waals surface area contributed by atoms with Gasteiger partial charge >= 0.3 is 0 Å². The van der Waals surface area contributed by atoms with Crippen LogP contribution in [0.4, 0.5) is 5.82 Å². The lowest BCUT2D eigenvalue weighted by Gasteiger charge is -2.22. The number of hydrogen-bond donors (Lipinski definition) is 1. The summed E-state index contributed by atoms with van der Waals surface area (Å²) in [5, 5.41) is 2.77. The predicted octanol–water partition coefficient (Wildman–Crippen LogP) is 1.01. The van der Waals surface area contributed by atoms with E-state index in [0.29, 0.717) is 0 Å². The molecule has 0 unspecified atom stereocenters. The van der Waals surface area contributed by atoms with Crippen LogP contribution in [0.2, 0.25) is 0 Å². The molecule has 1 N–H and O–H groups in total. The summed E-state index contributed by atoms with van der Waals surface area (Å²) in [5.41, 5.74) is 0. The zero-order valence-corrected chi connectivity index (χ0v) is 9.98. The van der Waals surface area contributed by atoms with Crippen LogP contribution in [-0.4, -0.2) is 25.1 Å². The minimum atomic E-state index is -0.0513. The molecule has 0 atom stereocenters. The van der Waals surface area contributed by atoms with Crippen LogP contribution in [-0.2, 0) is 17.9 Å². The first-order valence-electron chi connectivity index (χ1n) is 4.39. The number of imidazole rings is 1. The van der Waals surface area contributed by atoms with Crippen molar-refractivity contribution in [2.75, 3.05) is 11.9 Å². The number of carbonyl (C=O) groups is 1. The summed E-state index contributed by atoms with van der Waals surface area (Å²) in [5.74, 6) is 1.76. The van der Waals surface area contributed by atoms with E-state index in [4.69, 9.17) is 0 Å². The van der Waals surface area contributed by atoms with Gasteiger partial charge in [0, 0.05) is 42.9 Å². The molecule has 14 heavy (non-hydrogen) atoms. The molecule has 1 aromatic rings. The van der Waals surface area contributed by atoms with E-state index in [2.05, 4.69) is 40.8 Å². The second kappa shape index (κ2) is 3.85. The SMILES string of the molecule is CC(=O)Nc1cnc2n1CCN(I)C2. The number of rotatable bonds is 1. The smallest absolute Gasteiger partial charge is 0.222 e. The molecule has 0 fully saturated rings. The van der Waals surface area contributed by atoms with Gasteiger partial charge in [-0.3, -0.25) is 4.79 Å². The van der Waals surface area contributed by atoms with Crippen LogP contribution in [0.1, 0.15) is 12.7 Å². The Kier molecular flexibility index (Phi) is 2.73. The van der Waals surface area contributed by atoms with Gasteiger partial charge in [0.2, 0.25) is 5.91 Å². The van der Waals surface area contributed by atoms with Gasteiger partial charge in [-0.25, -0.2) is 8.10 Å². The number of amides is 1. The highest BCUT2D eigenvalue weighted by molar-refractivity contribution is 14.1. The van der Waals surface area contributed by atoms with E-state index in [0.717, 1.165) is 31.3 Å². The molecule has 0 aromatic carbocycles. The largest absolute Gasteiger partial charge is 0.312 e. The van der Waals surface area contributed by atoms with Gasteiger partial charge in [-0.1, -0.05) is 0 Å². The van der Waals surface area contributed by atoms with E-state index in [1.807, 2.05) is 0 Å². The highest BCUT2D eigenvalue weighted by atomic mass is 127. The van der Waals surface area contributed by atoms with Gasteiger partial charge in [0.25, 0.3) is 0 Å². The maximum absolute atomic E-state index is 10.9. The summed E-state index contributed by atoms with van der Waals surface area (Å²) >= 11 is 2.28. The molecule has 76 valence electrons. The quantitative estimate of drug-likeness (QED) is 0.622. The summed E-state index contributed by atoms with van der Waals surface area (Å²) < 4.78 is 4.23. The molecule has 1 aromatic heterocycles. The van der Waals surface area contributed by atoms with Crippen LogP contribution >= 0.6 is 22.9 Å². The van der Waals surface area contributed by atoms with E-state index >= 15 is 0 Å². The number of carbonyl (C=O) groups excluding carboxylic acids is 1. The standard InChI is InChI=1S/C8H11IN4O/c1-6(14)11-7-4-10-8-5-12(9)2-3-13(7)8/h4H,2-3,5H2,1H3,(H,11,14). The molecule has 0 radical (unpaired) electrons. The third-order valence-corrected chi connectivity index (χ3v) is 2.95. The van der Waals surface area contributed by atoms with Gasteiger partial charge in [0.1, 0.15) is 11.6 Å². The Morgan fingerprint density at radius 1 is 1.64 bits per heavy atom. The summed E-state index contributed by atoms with van der Waals surface area (Å²) in [6.07, 6.45) is 1.71. The van der Waals surface area contributed by atoms with Crippen molar-refractivity contribution in [1.82, 2.24) is 12.7 Å². The first-order valence-corrected chi connectivity index (χ1v) is 5.36. The number of anilines is 1. The van der Waals surface area contributed by atoms with Crippen molar-refractivity contribution in [1.29, 1.82) is 0 Å². The number of nitrogens with one attached hydrogen (secondary N) is 1. The normalized spacial score (nSPS) is 16.4. The van der Waals surface area contributed by atoms with E-state index in [9.17, 15) is 4.79 Å². The van der Waals surface area contributed by atoms with E-state index in [1.165, 1.54) is 6.92 Å². The molecular formula is C8H11IN4O. The first kappa shape index (κ1) is 9.91. The molecule has 2 rings (SSSR count). The maximum atomic E-state index is 10.9. The Hall–Kier alpha value is -0.630. The summed E-state index contributed by atoms with van der Waals surface area (Å²) in [7, 11) is 0. The van der Waals surface area contributed by atoms with Gasteiger partial charge in [-0.05, 0) is 0 Å². The van der Waals surface area contributed by atoms with Crippen LogP contribution in [0.15, 0.2) is 6.20 Å². The van der Waals surface area contributed by atoms with Gasteiger partial charge < -0.3 is 9.88 Å². The highest BCUT2D eigenvalue weighted by Gasteiger charge is 2.18. The average Bonchev–Trinajstić information content (AvgIpc) is 2.47. The fourth-order valence-corrected chi connectivity index (χ4v) is 2.03. The fourth-order valence-electron chi connectivity index (χ4n) is 1.51. The number of fused-ring (bicyclic) bond motifs is 1. The van der Waals surface area contributed by atoms with Crippen LogP contribution in [0.25, 0.3) is 0 Å². The van der Waals surface area contributed by atoms with Gasteiger partial charge in [0.15, 0.2) is 0 Å². The lowest BCUT2D eigenvalue weighted by molar-refractivity contribution is -0.114. The zero-order chi connectivity index (χ0) is 10.1. The Morgan fingerprint density at radius 2 is 2.43 bits per heavy atom. The molecule has 0 saturated heterocycles. The molecule has 0 saturated carbocycles. The van der Waals surface area contributed by atoms with Crippen molar-refractivity contribution in [3.8, 4) is 0 Å². The van der Waals surface area contributed by atoms with Gasteiger partial charge in [-0.2, -0.15) is 0 Å². The van der Waals surface area contributed by atoms with Crippen LogP contribution in [0, 0.1) is 0 Å². The minimum Gasteiger partial charge on any atom is -0.312 e. The molecule has 5 nitrogen and oxygen atoms in total. The molecule has 1 amide bonds. The van der Waals surface area contributed by atoms with Crippen molar-refractivity contribution in [3.63, 3.8) is 0 Å². The molecule has 1 aliphatic heterocycles. The van der Waals surface area contributed by atoms with Crippen LogP contribution < -0.4 is 5.32 Å². The van der Waals surface area contributed by atoms with Crippen LogP contribution in [0.5, 0.6) is 0 Å². The number of halogens is 1. The molecule has 0 aliphatic carbocycles. The third-order valence-electron chi connectivity index (χ3n) is 2.12.